The molecule has 1 N–H and O–H groups in total. The lowest BCUT2D eigenvalue weighted by Crippen LogP contribution is -2.33. The third-order valence-corrected chi connectivity index (χ3v) is 4.63. The molecule has 30 heavy (non-hydrogen) atoms. The molecule has 0 fully saturated rings. The topological polar surface area (TPSA) is 64.6 Å². The third kappa shape index (κ3) is 5.23. The number of hydrogen-bond acceptors (Lipinski definition) is 4. The van der Waals surface area contributed by atoms with Crippen LogP contribution in [0.15, 0.2) is 72.8 Å². The fraction of sp³-hybridized carbons (Fsp3) is 0.167. The van der Waals surface area contributed by atoms with E-state index in [9.17, 15) is 14.0 Å². The highest BCUT2D eigenvalue weighted by Gasteiger charge is 2.18. The van der Waals surface area contributed by atoms with Crippen LogP contribution in [-0.4, -0.2) is 25.6 Å². The van der Waals surface area contributed by atoms with Gasteiger partial charge in [-0.1, -0.05) is 48.5 Å². The van der Waals surface area contributed by atoms with Crippen LogP contribution in [-0.2, 0) is 9.53 Å². The number of halogens is 1. The second kappa shape index (κ2) is 9.69. The van der Waals surface area contributed by atoms with Gasteiger partial charge in [0, 0.05) is 0 Å². The first-order valence-electron chi connectivity index (χ1n) is 9.39. The van der Waals surface area contributed by atoms with Crippen LogP contribution >= 0.6 is 0 Å². The first-order chi connectivity index (χ1) is 14.5. The smallest absolute Gasteiger partial charge is 0.338 e. The number of benzene rings is 3. The average Bonchev–Trinajstić information content (AvgIpc) is 2.78. The Morgan fingerprint density at radius 1 is 0.967 bits per heavy atom. The van der Waals surface area contributed by atoms with Crippen molar-refractivity contribution in [2.45, 2.75) is 13.0 Å². The van der Waals surface area contributed by atoms with E-state index < -0.39 is 30.3 Å². The lowest BCUT2D eigenvalue weighted by atomic mass is 9.98. The van der Waals surface area contributed by atoms with Crippen molar-refractivity contribution in [2.24, 2.45) is 0 Å². The minimum Gasteiger partial charge on any atom is -0.497 e. The fourth-order valence-corrected chi connectivity index (χ4v) is 2.94. The molecule has 5 nitrogen and oxygen atoms in total. The van der Waals surface area contributed by atoms with Crippen molar-refractivity contribution < 1.29 is 23.5 Å². The van der Waals surface area contributed by atoms with Crippen molar-refractivity contribution in [1.29, 1.82) is 0 Å². The van der Waals surface area contributed by atoms with Gasteiger partial charge in [-0.05, 0) is 47.9 Å². The number of aryl methyl sites for hydroxylation is 1. The van der Waals surface area contributed by atoms with E-state index >= 15 is 0 Å². The van der Waals surface area contributed by atoms with Crippen molar-refractivity contribution in [3.05, 3.63) is 101 Å². The van der Waals surface area contributed by atoms with Crippen LogP contribution in [0.2, 0.25) is 0 Å². The number of rotatable bonds is 7. The fourth-order valence-electron chi connectivity index (χ4n) is 2.94. The maximum atomic E-state index is 13.6. The summed E-state index contributed by atoms with van der Waals surface area (Å²) < 4.78 is 23.9. The number of carbonyl (C=O) groups is 2. The Labute approximate surface area is 174 Å². The van der Waals surface area contributed by atoms with Gasteiger partial charge < -0.3 is 14.8 Å². The van der Waals surface area contributed by atoms with Crippen LogP contribution in [0.3, 0.4) is 0 Å². The largest absolute Gasteiger partial charge is 0.497 e. The molecule has 6 heteroatoms. The van der Waals surface area contributed by atoms with Crippen LogP contribution < -0.4 is 10.1 Å². The van der Waals surface area contributed by atoms with E-state index in [1.54, 1.807) is 14.0 Å². The zero-order valence-electron chi connectivity index (χ0n) is 16.7. The van der Waals surface area contributed by atoms with E-state index in [1.165, 1.54) is 12.1 Å². The highest BCUT2D eigenvalue weighted by molar-refractivity contribution is 5.91. The normalized spacial score (nSPS) is 11.4. The standard InChI is InChI=1S/C24H22FNO4/c1-16-8-9-19(14-21(16)25)24(28)30-15-22(27)26-23(17-6-4-3-5-7-17)18-10-12-20(29-2)13-11-18/h3-14,23H,15H2,1-2H3,(H,26,27)/t23-/m0/s1. The molecule has 0 aliphatic heterocycles. The first-order valence-corrected chi connectivity index (χ1v) is 9.39. The van der Waals surface area contributed by atoms with E-state index in [-0.39, 0.29) is 5.56 Å². The highest BCUT2D eigenvalue weighted by Crippen LogP contribution is 2.24. The summed E-state index contributed by atoms with van der Waals surface area (Å²) in [6.45, 7) is 1.12. The number of esters is 1. The lowest BCUT2D eigenvalue weighted by molar-refractivity contribution is -0.124. The number of carbonyl (C=O) groups excluding carboxylic acids is 2. The SMILES string of the molecule is COc1ccc([C@@H](NC(=O)COC(=O)c2ccc(C)c(F)c2)c2ccccc2)cc1. The summed E-state index contributed by atoms with van der Waals surface area (Å²) in [6, 6.07) is 20.4. The molecule has 3 aromatic rings. The Hall–Kier alpha value is -3.67. The summed E-state index contributed by atoms with van der Waals surface area (Å²) >= 11 is 0. The molecule has 0 spiro atoms. The maximum Gasteiger partial charge on any atom is 0.338 e. The summed E-state index contributed by atoms with van der Waals surface area (Å²) in [5.41, 5.74) is 2.21. The van der Waals surface area contributed by atoms with Crippen LogP contribution in [0.4, 0.5) is 4.39 Å². The summed E-state index contributed by atoms with van der Waals surface area (Å²) in [5.74, 6) is -1.03. The summed E-state index contributed by atoms with van der Waals surface area (Å²) in [4.78, 5) is 24.6. The van der Waals surface area contributed by atoms with Gasteiger partial charge in [0.15, 0.2) is 6.61 Å². The molecule has 1 amide bonds. The molecular formula is C24H22FNO4. The average molecular weight is 407 g/mol. The van der Waals surface area contributed by atoms with Crippen LogP contribution in [0.25, 0.3) is 0 Å². The Bertz CT molecular complexity index is 1020. The van der Waals surface area contributed by atoms with Crippen molar-refractivity contribution in [3.8, 4) is 5.75 Å². The summed E-state index contributed by atoms with van der Waals surface area (Å²) in [6.07, 6.45) is 0. The van der Waals surface area contributed by atoms with E-state index in [0.29, 0.717) is 11.3 Å². The molecule has 3 rings (SSSR count). The molecule has 1 atom stereocenters. The maximum absolute atomic E-state index is 13.6. The highest BCUT2D eigenvalue weighted by atomic mass is 19.1. The van der Waals surface area contributed by atoms with Gasteiger partial charge in [0.05, 0.1) is 18.7 Å². The summed E-state index contributed by atoms with van der Waals surface area (Å²) in [5, 5.41) is 2.88. The number of amides is 1. The minimum atomic E-state index is -0.759. The van der Waals surface area contributed by atoms with E-state index in [1.807, 2.05) is 54.6 Å². The first kappa shape index (κ1) is 21.0. The van der Waals surface area contributed by atoms with E-state index in [4.69, 9.17) is 9.47 Å². The van der Waals surface area contributed by atoms with Gasteiger partial charge in [-0.3, -0.25) is 4.79 Å². The second-order valence-electron chi connectivity index (χ2n) is 6.72. The molecule has 0 radical (unpaired) electrons. The number of hydrogen-bond donors (Lipinski definition) is 1. The van der Waals surface area contributed by atoms with E-state index in [0.717, 1.165) is 17.2 Å². The van der Waals surface area contributed by atoms with E-state index in [2.05, 4.69) is 5.32 Å². The lowest BCUT2D eigenvalue weighted by Gasteiger charge is -2.20. The van der Waals surface area contributed by atoms with Crippen molar-refractivity contribution in [1.82, 2.24) is 5.32 Å². The molecule has 0 bridgehead atoms. The molecule has 0 aliphatic rings. The monoisotopic (exact) mass is 407 g/mol. The molecule has 0 heterocycles. The Morgan fingerprint density at radius 3 is 2.27 bits per heavy atom. The molecular weight excluding hydrogens is 385 g/mol. The Kier molecular flexibility index (Phi) is 6.80. The molecule has 0 aromatic heterocycles. The zero-order valence-corrected chi connectivity index (χ0v) is 16.7. The van der Waals surface area contributed by atoms with Gasteiger partial charge in [-0.2, -0.15) is 0 Å². The molecule has 3 aromatic carbocycles. The number of ether oxygens (including phenoxy) is 2. The van der Waals surface area contributed by atoms with Gasteiger partial charge in [-0.15, -0.1) is 0 Å². The third-order valence-electron chi connectivity index (χ3n) is 4.63. The Balaban J connectivity index is 1.70. The van der Waals surface area contributed by atoms with Crippen LogP contribution in [0.5, 0.6) is 5.75 Å². The van der Waals surface area contributed by atoms with Gasteiger partial charge in [0.1, 0.15) is 11.6 Å². The molecule has 0 saturated heterocycles. The van der Waals surface area contributed by atoms with Crippen molar-refractivity contribution in [3.63, 3.8) is 0 Å². The summed E-state index contributed by atoms with van der Waals surface area (Å²) in [7, 11) is 1.58. The predicted octanol–water partition coefficient (Wildman–Crippen LogP) is 4.21. The van der Waals surface area contributed by atoms with Gasteiger partial charge in [0.25, 0.3) is 5.91 Å². The zero-order chi connectivity index (χ0) is 21.5. The number of nitrogens with one attached hydrogen (secondary N) is 1. The molecule has 0 unspecified atom stereocenters. The predicted molar refractivity (Wildman–Crippen MR) is 111 cm³/mol. The molecule has 0 saturated carbocycles. The van der Waals surface area contributed by atoms with Gasteiger partial charge >= 0.3 is 5.97 Å². The molecule has 0 aliphatic carbocycles. The van der Waals surface area contributed by atoms with Crippen LogP contribution in [0, 0.1) is 12.7 Å². The Morgan fingerprint density at radius 2 is 1.63 bits per heavy atom. The van der Waals surface area contributed by atoms with Crippen molar-refractivity contribution in [2.75, 3.05) is 13.7 Å². The minimum absolute atomic E-state index is 0.0562. The van der Waals surface area contributed by atoms with Gasteiger partial charge in [-0.25, -0.2) is 9.18 Å². The number of methoxy groups -OCH3 is 1. The van der Waals surface area contributed by atoms with Crippen molar-refractivity contribution >= 4 is 11.9 Å². The quantitative estimate of drug-likeness (QED) is 0.596. The second-order valence-corrected chi connectivity index (χ2v) is 6.72. The molecule has 154 valence electrons. The van der Waals surface area contributed by atoms with Gasteiger partial charge in [0.2, 0.25) is 0 Å². The van der Waals surface area contributed by atoms with Crippen LogP contribution in [0.1, 0.15) is 33.1 Å².